The van der Waals surface area contributed by atoms with Crippen LogP contribution in [0.4, 0.5) is 10.1 Å². The van der Waals surface area contributed by atoms with E-state index in [0.29, 0.717) is 11.6 Å². The van der Waals surface area contributed by atoms with Gasteiger partial charge >= 0.3 is 0 Å². The number of thioether (sulfide) groups is 1. The summed E-state index contributed by atoms with van der Waals surface area (Å²) in [5.41, 5.74) is 0.794. The largest absolute Gasteiger partial charge is 0.497 e. The molecular weight excluding hydrogens is 381 g/mol. The lowest BCUT2D eigenvalue weighted by Gasteiger charge is -2.05. The van der Waals surface area contributed by atoms with Crippen LogP contribution in [0.25, 0.3) is 11.5 Å². The minimum atomic E-state index is -0.601. The molecule has 26 heavy (non-hydrogen) atoms. The summed E-state index contributed by atoms with van der Waals surface area (Å²) in [5, 5.41) is 10.8. The van der Waals surface area contributed by atoms with Crippen molar-refractivity contribution in [2.24, 2.45) is 0 Å². The van der Waals surface area contributed by atoms with Crippen LogP contribution >= 0.6 is 23.4 Å². The van der Waals surface area contributed by atoms with Crippen LogP contribution in [0, 0.1) is 5.82 Å². The number of hydrogen-bond donors (Lipinski definition) is 1. The van der Waals surface area contributed by atoms with Crippen LogP contribution in [0.1, 0.15) is 0 Å². The molecule has 0 aliphatic carbocycles. The van der Waals surface area contributed by atoms with Gasteiger partial charge in [-0.25, -0.2) is 4.39 Å². The smallest absolute Gasteiger partial charge is 0.277 e. The van der Waals surface area contributed by atoms with E-state index in [-0.39, 0.29) is 21.7 Å². The van der Waals surface area contributed by atoms with Gasteiger partial charge in [-0.1, -0.05) is 23.4 Å². The Hall–Kier alpha value is -2.58. The second-order valence-electron chi connectivity index (χ2n) is 5.06. The first-order valence-corrected chi connectivity index (χ1v) is 8.77. The molecule has 2 aromatic carbocycles. The van der Waals surface area contributed by atoms with Crippen LogP contribution in [0.2, 0.25) is 5.02 Å². The molecule has 0 unspecified atom stereocenters. The molecule has 0 aliphatic rings. The molecule has 134 valence electrons. The second kappa shape index (κ2) is 8.20. The summed E-state index contributed by atoms with van der Waals surface area (Å²) in [7, 11) is 1.58. The van der Waals surface area contributed by atoms with Gasteiger partial charge in [0, 0.05) is 10.6 Å². The summed E-state index contributed by atoms with van der Waals surface area (Å²) in [6, 6.07) is 11.2. The number of carbonyl (C=O) groups is 1. The monoisotopic (exact) mass is 393 g/mol. The number of hydrogen-bond acceptors (Lipinski definition) is 6. The molecule has 3 aromatic rings. The van der Waals surface area contributed by atoms with E-state index in [1.807, 2.05) is 0 Å². The van der Waals surface area contributed by atoms with Crippen molar-refractivity contribution in [1.29, 1.82) is 0 Å². The molecule has 1 aromatic heterocycles. The third-order valence-electron chi connectivity index (χ3n) is 3.28. The number of carbonyl (C=O) groups excluding carboxylic acids is 1. The molecule has 0 radical (unpaired) electrons. The molecule has 3 rings (SSSR count). The van der Waals surface area contributed by atoms with E-state index in [0.717, 1.165) is 23.4 Å². The fraction of sp³-hybridized carbons (Fsp3) is 0.118. The maximum atomic E-state index is 13.7. The third-order valence-corrected chi connectivity index (χ3v) is 4.33. The van der Waals surface area contributed by atoms with Crippen molar-refractivity contribution in [3.8, 4) is 17.2 Å². The summed E-state index contributed by atoms with van der Waals surface area (Å²) < 4.78 is 24.3. The first-order valence-electron chi connectivity index (χ1n) is 7.41. The van der Waals surface area contributed by atoms with Gasteiger partial charge in [0.2, 0.25) is 11.8 Å². The minimum absolute atomic E-state index is 0.00763. The standard InChI is InChI=1S/C17H13ClFN3O3S/c1-24-12-5-2-10(3-6-12)16-21-22-17(25-16)26-9-15(23)20-14-7-4-11(18)8-13(14)19/h2-8H,9H2,1H3,(H,20,23). The fourth-order valence-electron chi connectivity index (χ4n) is 2.02. The van der Waals surface area contributed by atoms with E-state index in [4.69, 9.17) is 20.8 Å². The molecule has 0 fully saturated rings. The molecule has 0 bridgehead atoms. The molecule has 1 N–H and O–H groups in total. The van der Waals surface area contributed by atoms with Crippen LogP contribution < -0.4 is 10.1 Å². The Bertz CT molecular complexity index is 918. The zero-order valence-corrected chi connectivity index (χ0v) is 15.1. The van der Waals surface area contributed by atoms with Gasteiger partial charge in [-0.05, 0) is 42.5 Å². The van der Waals surface area contributed by atoms with Crippen molar-refractivity contribution in [3.05, 3.63) is 53.3 Å². The number of rotatable bonds is 6. The normalized spacial score (nSPS) is 10.6. The van der Waals surface area contributed by atoms with Crippen molar-refractivity contribution in [1.82, 2.24) is 10.2 Å². The summed E-state index contributed by atoms with van der Waals surface area (Å²) in [6.07, 6.45) is 0. The Morgan fingerprint density at radius 1 is 1.27 bits per heavy atom. The quantitative estimate of drug-likeness (QED) is 0.630. The number of nitrogens with zero attached hydrogens (tertiary/aromatic N) is 2. The molecule has 0 saturated heterocycles. The fourth-order valence-corrected chi connectivity index (χ4v) is 2.74. The van der Waals surface area contributed by atoms with E-state index in [1.165, 1.54) is 12.1 Å². The predicted molar refractivity (Wildman–Crippen MR) is 97.0 cm³/mol. The number of nitrogens with one attached hydrogen (secondary N) is 1. The third kappa shape index (κ3) is 4.53. The lowest BCUT2D eigenvalue weighted by Crippen LogP contribution is -2.15. The van der Waals surface area contributed by atoms with Crippen LogP contribution in [0.3, 0.4) is 0 Å². The molecular formula is C17H13ClFN3O3S. The molecule has 9 heteroatoms. The highest BCUT2D eigenvalue weighted by molar-refractivity contribution is 7.99. The van der Waals surface area contributed by atoms with Crippen LogP contribution in [0.5, 0.6) is 5.75 Å². The second-order valence-corrected chi connectivity index (χ2v) is 6.43. The van der Waals surface area contributed by atoms with Crippen molar-refractivity contribution >= 4 is 35.0 Å². The van der Waals surface area contributed by atoms with Crippen molar-refractivity contribution in [2.45, 2.75) is 5.22 Å². The van der Waals surface area contributed by atoms with E-state index in [9.17, 15) is 9.18 Å². The van der Waals surface area contributed by atoms with E-state index in [2.05, 4.69) is 15.5 Å². The Morgan fingerprint density at radius 2 is 2.04 bits per heavy atom. The maximum Gasteiger partial charge on any atom is 0.277 e. The molecule has 0 saturated carbocycles. The van der Waals surface area contributed by atoms with Gasteiger partial charge in [-0.2, -0.15) is 0 Å². The van der Waals surface area contributed by atoms with Crippen molar-refractivity contribution in [3.63, 3.8) is 0 Å². The molecule has 6 nitrogen and oxygen atoms in total. The zero-order chi connectivity index (χ0) is 18.5. The average Bonchev–Trinajstić information content (AvgIpc) is 3.11. The molecule has 1 amide bonds. The van der Waals surface area contributed by atoms with Gasteiger partial charge in [-0.15, -0.1) is 10.2 Å². The Kier molecular flexibility index (Phi) is 5.75. The van der Waals surface area contributed by atoms with Gasteiger partial charge in [0.25, 0.3) is 5.22 Å². The van der Waals surface area contributed by atoms with Gasteiger partial charge in [0.15, 0.2) is 0 Å². The first kappa shape index (κ1) is 18.2. The highest BCUT2D eigenvalue weighted by atomic mass is 35.5. The molecule has 0 atom stereocenters. The summed E-state index contributed by atoms with van der Waals surface area (Å²) in [5.74, 6) is 0.0379. The van der Waals surface area contributed by atoms with Crippen molar-refractivity contribution in [2.75, 3.05) is 18.2 Å². The highest BCUT2D eigenvalue weighted by Gasteiger charge is 2.13. The van der Waals surface area contributed by atoms with E-state index < -0.39 is 11.7 Å². The molecule has 0 aliphatic heterocycles. The van der Waals surface area contributed by atoms with Crippen LogP contribution in [-0.4, -0.2) is 29.0 Å². The first-order chi connectivity index (χ1) is 12.5. The van der Waals surface area contributed by atoms with E-state index >= 15 is 0 Å². The average molecular weight is 394 g/mol. The number of halogens is 2. The number of aromatic nitrogens is 2. The maximum absolute atomic E-state index is 13.7. The number of benzene rings is 2. The SMILES string of the molecule is COc1ccc(-c2nnc(SCC(=O)Nc3ccc(Cl)cc3F)o2)cc1. The lowest BCUT2D eigenvalue weighted by molar-refractivity contribution is -0.113. The van der Waals surface area contributed by atoms with Gasteiger partial charge in [0.05, 0.1) is 18.6 Å². The minimum Gasteiger partial charge on any atom is -0.497 e. The summed E-state index contributed by atoms with van der Waals surface area (Å²) >= 11 is 6.73. The number of ether oxygens (including phenoxy) is 1. The zero-order valence-electron chi connectivity index (χ0n) is 13.5. The Morgan fingerprint density at radius 3 is 2.73 bits per heavy atom. The molecule has 1 heterocycles. The Labute approximate surface area is 157 Å². The topological polar surface area (TPSA) is 77.2 Å². The number of methoxy groups -OCH3 is 1. The highest BCUT2D eigenvalue weighted by Crippen LogP contribution is 2.25. The van der Waals surface area contributed by atoms with Gasteiger partial charge in [-0.3, -0.25) is 4.79 Å². The summed E-state index contributed by atoms with van der Waals surface area (Å²) in [4.78, 5) is 11.9. The van der Waals surface area contributed by atoms with Gasteiger partial charge < -0.3 is 14.5 Å². The van der Waals surface area contributed by atoms with Crippen LogP contribution in [0.15, 0.2) is 52.1 Å². The molecule has 0 spiro atoms. The number of amides is 1. The Balaban J connectivity index is 1.58. The summed E-state index contributed by atoms with van der Waals surface area (Å²) in [6.45, 7) is 0. The lowest BCUT2D eigenvalue weighted by atomic mass is 10.2. The number of anilines is 1. The van der Waals surface area contributed by atoms with E-state index in [1.54, 1.807) is 31.4 Å². The van der Waals surface area contributed by atoms with Crippen molar-refractivity contribution < 1.29 is 18.3 Å². The van der Waals surface area contributed by atoms with Crippen LogP contribution in [-0.2, 0) is 4.79 Å². The predicted octanol–water partition coefficient (Wildman–Crippen LogP) is 4.27. The van der Waals surface area contributed by atoms with Gasteiger partial charge in [0.1, 0.15) is 11.6 Å².